The highest BCUT2D eigenvalue weighted by atomic mass is 15.0. The molecule has 228 valence electrons. The Balaban J connectivity index is 0.000000163. The molecule has 0 saturated carbocycles. The number of hydrogen-bond acceptors (Lipinski definition) is 7. The standard InChI is InChI=1S/2C12H13N.C7H10N2.C6H9N3/c1-9(2)10-5-6-12-11(8-10)4-3-7-13-12;1-9(2)11-7-10-5-3-4-6-12(10)13-8-11;1-6(2)7-8-4-3-5-9-7;1-5(2)6-8-3-7-4-9-6/h2*3-9H,1-2H3;3-6H,1-2H3;3-5H,1-2H3. The van der Waals surface area contributed by atoms with Gasteiger partial charge in [0.2, 0.25) is 0 Å². The van der Waals surface area contributed by atoms with E-state index in [4.69, 9.17) is 0 Å². The van der Waals surface area contributed by atoms with E-state index in [2.05, 4.69) is 127 Å². The lowest BCUT2D eigenvalue weighted by Gasteiger charge is -2.05. The van der Waals surface area contributed by atoms with Gasteiger partial charge in [-0.25, -0.2) is 24.9 Å². The van der Waals surface area contributed by atoms with E-state index in [0.29, 0.717) is 23.7 Å². The Kier molecular flexibility index (Phi) is 13.4. The van der Waals surface area contributed by atoms with Crippen molar-refractivity contribution in [3.8, 4) is 0 Å². The average Bonchev–Trinajstić information content (AvgIpc) is 3.06. The van der Waals surface area contributed by atoms with Crippen LogP contribution in [-0.4, -0.2) is 34.9 Å². The molecule has 4 aromatic heterocycles. The summed E-state index contributed by atoms with van der Waals surface area (Å²) in [7, 11) is 0. The second-order valence-corrected chi connectivity index (χ2v) is 11.6. The average molecular weight is 588 g/mol. The molecule has 0 spiro atoms. The quantitative estimate of drug-likeness (QED) is 0.203. The molecule has 4 heterocycles. The van der Waals surface area contributed by atoms with Crippen molar-refractivity contribution in [1.29, 1.82) is 0 Å². The van der Waals surface area contributed by atoms with Crippen molar-refractivity contribution in [3.63, 3.8) is 0 Å². The van der Waals surface area contributed by atoms with Crippen LogP contribution in [0.3, 0.4) is 0 Å². The van der Waals surface area contributed by atoms with Crippen LogP contribution in [0, 0.1) is 0 Å². The summed E-state index contributed by atoms with van der Waals surface area (Å²) in [5.41, 5.74) is 4.83. The van der Waals surface area contributed by atoms with E-state index in [-0.39, 0.29) is 0 Å². The Hall–Kier alpha value is -4.65. The van der Waals surface area contributed by atoms with Gasteiger partial charge in [0.1, 0.15) is 24.3 Å². The first-order valence-electron chi connectivity index (χ1n) is 15.2. The van der Waals surface area contributed by atoms with Crippen LogP contribution in [0.25, 0.3) is 21.8 Å². The van der Waals surface area contributed by atoms with Gasteiger partial charge in [-0.15, -0.1) is 0 Å². The maximum Gasteiger partial charge on any atom is 0.134 e. The highest BCUT2D eigenvalue weighted by molar-refractivity contribution is 5.79. The van der Waals surface area contributed by atoms with Crippen LogP contribution in [0.1, 0.15) is 102 Å². The maximum atomic E-state index is 4.40. The van der Waals surface area contributed by atoms with Crippen LogP contribution < -0.4 is 0 Å². The largest absolute Gasteiger partial charge is 0.256 e. The van der Waals surface area contributed by atoms with Gasteiger partial charge in [0, 0.05) is 47.4 Å². The third-order valence-corrected chi connectivity index (χ3v) is 6.70. The molecular formula is C37H45N7. The molecule has 7 nitrogen and oxygen atoms in total. The molecule has 2 aromatic carbocycles. The molecule has 0 saturated heterocycles. The molecule has 44 heavy (non-hydrogen) atoms. The van der Waals surface area contributed by atoms with Gasteiger partial charge in [0.25, 0.3) is 0 Å². The molecule has 0 aliphatic carbocycles. The van der Waals surface area contributed by atoms with E-state index in [0.717, 1.165) is 22.7 Å². The molecule has 0 amide bonds. The normalized spacial score (nSPS) is 10.6. The molecule has 0 fully saturated rings. The number of aromatic nitrogens is 7. The number of hydrogen-bond donors (Lipinski definition) is 0. The summed E-state index contributed by atoms with van der Waals surface area (Å²) in [6, 6.07) is 22.8. The van der Waals surface area contributed by atoms with E-state index in [9.17, 15) is 0 Å². The summed E-state index contributed by atoms with van der Waals surface area (Å²) in [6.45, 7) is 17.0. The first-order chi connectivity index (χ1) is 21.2. The van der Waals surface area contributed by atoms with Crippen molar-refractivity contribution in [1.82, 2.24) is 34.9 Å². The molecule has 0 atom stereocenters. The van der Waals surface area contributed by atoms with Gasteiger partial charge in [-0.05, 0) is 59.4 Å². The minimum absolute atomic E-state index is 0.396. The highest BCUT2D eigenvalue weighted by Crippen LogP contribution is 2.20. The lowest BCUT2D eigenvalue weighted by molar-refractivity contribution is 0.759. The molecule has 6 aromatic rings. The van der Waals surface area contributed by atoms with Gasteiger partial charge in [-0.3, -0.25) is 9.97 Å². The first kappa shape index (κ1) is 33.8. The van der Waals surface area contributed by atoms with Crippen LogP contribution in [0.5, 0.6) is 0 Å². The Morgan fingerprint density at radius 2 is 0.955 bits per heavy atom. The lowest BCUT2D eigenvalue weighted by Crippen LogP contribution is -1.95. The molecule has 0 aliphatic rings. The minimum atomic E-state index is 0.396. The van der Waals surface area contributed by atoms with E-state index < -0.39 is 0 Å². The summed E-state index contributed by atoms with van der Waals surface area (Å²) in [5, 5.41) is 2.46. The number of benzene rings is 2. The summed E-state index contributed by atoms with van der Waals surface area (Å²) < 4.78 is 0. The Labute approximate surface area is 262 Å². The number of rotatable bonds is 4. The van der Waals surface area contributed by atoms with Crippen molar-refractivity contribution in [3.05, 3.63) is 127 Å². The fourth-order valence-electron chi connectivity index (χ4n) is 4.01. The highest BCUT2D eigenvalue weighted by Gasteiger charge is 2.02. The van der Waals surface area contributed by atoms with E-state index in [1.54, 1.807) is 12.4 Å². The summed E-state index contributed by atoms with van der Waals surface area (Å²) >= 11 is 0. The smallest absolute Gasteiger partial charge is 0.134 e. The summed E-state index contributed by atoms with van der Waals surface area (Å²) in [5.74, 6) is 3.74. The van der Waals surface area contributed by atoms with Crippen LogP contribution in [-0.2, 0) is 0 Å². The summed E-state index contributed by atoms with van der Waals surface area (Å²) in [6.07, 6.45) is 10.4. The summed E-state index contributed by atoms with van der Waals surface area (Å²) in [4.78, 5) is 28.4. The molecule has 0 unspecified atom stereocenters. The van der Waals surface area contributed by atoms with Gasteiger partial charge in [-0.2, -0.15) is 0 Å². The van der Waals surface area contributed by atoms with Gasteiger partial charge >= 0.3 is 0 Å². The van der Waals surface area contributed by atoms with Crippen molar-refractivity contribution in [2.75, 3.05) is 0 Å². The SMILES string of the molecule is CC(C)c1ccc2ncccc2c1.CC(C)c1cnc2ccccc2c1.CC(C)c1ncccn1.CC(C)c1ncncn1. The predicted molar refractivity (Wildman–Crippen MR) is 182 cm³/mol. The van der Waals surface area contributed by atoms with Crippen molar-refractivity contribution < 1.29 is 0 Å². The van der Waals surface area contributed by atoms with Crippen LogP contribution in [0.15, 0.2) is 104 Å². The second-order valence-electron chi connectivity index (χ2n) is 11.6. The third kappa shape index (κ3) is 10.9. The Morgan fingerprint density at radius 3 is 1.52 bits per heavy atom. The van der Waals surface area contributed by atoms with Crippen molar-refractivity contribution >= 4 is 21.8 Å². The molecule has 0 N–H and O–H groups in total. The Morgan fingerprint density at radius 1 is 0.432 bits per heavy atom. The van der Waals surface area contributed by atoms with Gasteiger partial charge in [-0.1, -0.05) is 85.7 Å². The van der Waals surface area contributed by atoms with Crippen LogP contribution in [0.2, 0.25) is 0 Å². The monoisotopic (exact) mass is 587 g/mol. The van der Waals surface area contributed by atoms with Gasteiger partial charge in [0.05, 0.1) is 11.0 Å². The van der Waals surface area contributed by atoms with Crippen LogP contribution in [0.4, 0.5) is 0 Å². The molecule has 7 heteroatoms. The number of nitrogens with zero attached hydrogens (tertiary/aromatic N) is 7. The molecule has 0 aliphatic heterocycles. The topological polar surface area (TPSA) is 90.2 Å². The van der Waals surface area contributed by atoms with Crippen LogP contribution >= 0.6 is 0 Å². The fourth-order valence-corrected chi connectivity index (χ4v) is 4.01. The zero-order valence-electron chi connectivity index (χ0n) is 27.3. The van der Waals surface area contributed by atoms with E-state index in [1.165, 1.54) is 34.6 Å². The maximum absolute atomic E-state index is 4.40. The third-order valence-electron chi connectivity index (χ3n) is 6.70. The number of para-hydroxylation sites is 1. The fraction of sp³-hybridized carbons (Fsp3) is 0.324. The second kappa shape index (κ2) is 17.5. The van der Waals surface area contributed by atoms with Gasteiger partial charge < -0.3 is 0 Å². The molecule has 0 bridgehead atoms. The van der Waals surface area contributed by atoms with E-state index in [1.807, 2.05) is 42.7 Å². The Bertz CT molecular complexity index is 1540. The van der Waals surface area contributed by atoms with Crippen molar-refractivity contribution in [2.45, 2.75) is 79.1 Å². The molecule has 6 rings (SSSR count). The predicted octanol–water partition coefficient (Wildman–Crippen LogP) is 9.31. The zero-order valence-corrected chi connectivity index (χ0v) is 27.3. The number of fused-ring (bicyclic) bond motifs is 2. The zero-order chi connectivity index (χ0) is 31.9. The minimum Gasteiger partial charge on any atom is -0.256 e. The first-order valence-corrected chi connectivity index (χ1v) is 15.2. The number of pyridine rings is 2. The molecular weight excluding hydrogens is 542 g/mol. The lowest BCUT2D eigenvalue weighted by atomic mass is 10.0. The molecule has 0 radical (unpaired) electrons. The van der Waals surface area contributed by atoms with Gasteiger partial charge in [0.15, 0.2) is 0 Å². The van der Waals surface area contributed by atoms with Crippen molar-refractivity contribution in [2.24, 2.45) is 0 Å². The van der Waals surface area contributed by atoms with E-state index >= 15 is 0 Å².